The zero-order valence-corrected chi connectivity index (χ0v) is 10.2. The predicted molar refractivity (Wildman–Crippen MR) is 71.2 cm³/mol. The largest absolute Gasteiger partial charge is 0.356 e. The molecular weight excluding hydrogens is 234 g/mol. The monoisotopic (exact) mass is 245 g/mol. The molecule has 3 heteroatoms. The molecule has 0 spiro atoms. The Morgan fingerprint density at radius 3 is 2.41 bits per heavy atom. The molecule has 2 aromatic rings. The van der Waals surface area contributed by atoms with Crippen molar-refractivity contribution in [3.8, 4) is 0 Å². The van der Waals surface area contributed by atoms with Crippen molar-refractivity contribution in [3.63, 3.8) is 0 Å². The lowest BCUT2D eigenvalue weighted by Gasteiger charge is -2.07. The number of hydrogen-bond acceptors (Lipinski definition) is 2. The third-order valence-corrected chi connectivity index (χ3v) is 2.65. The fourth-order valence-electron chi connectivity index (χ4n) is 1.52. The summed E-state index contributed by atoms with van der Waals surface area (Å²) in [6, 6.07) is 14.8. The minimum atomic E-state index is 0.0600. The topological polar surface area (TPSA) is 29.1 Å². The maximum atomic E-state index is 11.2. The van der Waals surface area contributed by atoms with Crippen molar-refractivity contribution in [1.29, 1.82) is 0 Å². The van der Waals surface area contributed by atoms with Crippen LogP contribution in [0.2, 0.25) is 5.02 Å². The second kappa shape index (κ2) is 5.02. The molecule has 0 aromatic heterocycles. The van der Waals surface area contributed by atoms with Gasteiger partial charge in [-0.15, -0.1) is 0 Å². The number of Topliss-reactive ketones (excluding diaryl/α,β-unsaturated/α-hetero) is 1. The summed E-state index contributed by atoms with van der Waals surface area (Å²) in [6.07, 6.45) is 0. The summed E-state index contributed by atoms with van der Waals surface area (Å²) in [7, 11) is 0. The Bertz CT molecular complexity index is 534. The molecule has 1 N–H and O–H groups in total. The van der Waals surface area contributed by atoms with Gasteiger partial charge in [0.05, 0.1) is 0 Å². The Labute approximate surface area is 105 Å². The first-order valence-electron chi connectivity index (χ1n) is 5.29. The van der Waals surface area contributed by atoms with E-state index in [4.69, 9.17) is 11.6 Å². The van der Waals surface area contributed by atoms with E-state index < -0.39 is 0 Å². The number of benzene rings is 2. The Morgan fingerprint density at radius 2 is 1.76 bits per heavy atom. The molecule has 0 saturated carbocycles. The van der Waals surface area contributed by atoms with Crippen LogP contribution in [-0.4, -0.2) is 5.78 Å². The van der Waals surface area contributed by atoms with Gasteiger partial charge >= 0.3 is 0 Å². The predicted octanol–water partition coefficient (Wildman–Crippen LogP) is 4.29. The maximum Gasteiger partial charge on any atom is 0.159 e. The van der Waals surface area contributed by atoms with Gasteiger partial charge in [0, 0.05) is 22.0 Å². The second-order valence-corrected chi connectivity index (χ2v) is 4.21. The van der Waals surface area contributed by atoms with Crippen molar-refractivity contribution < 1.29 is 4.79 Å². The molecule has 0 saturated heterocycles. The van der Waals surface area contributed by atoms with Crippen LogP contribution >= 0.6 is 11.6 Å². The average Bonchev–Trinajstić information content (AvgIpc) is 2.32. The molecule has 0 atom stereocenters. The van der Waals surface area contributed by atoms with Crippen LogP contribution in [0.25, 0.3) is 0 Å². The van der Waals surface area contributed by atoms with Gasteiger partial charge in [0.25, 0.3) is 0 Å². The van der Waals surface area contributed by atoms with Crippen molar-refractivity contribution in [2.45, 2.75) is 6.92 Å². The third kappa shape index (κ3) is 3.08. The van der Waals surface area contributed by atoms with E-state index in [2.05, 4.69) is 5.32 Å². The van der Waals surface area contributed by atoms with E-state index in [-0.39, 0.29) is 5.78 Å². The van der Waals surface area contributed by atoms with Crippen molar-refractivity contribution in [3.05, 3.63) is 59.1 Å². The zero-order valence-electron chi connectivity index (χ0n) is 9.41. The van der Waals surface area contributed by atoms with Crippen molar-refractivity contribution in [2.24, 2.45) is 0 Å². The Hall–Kier alpha value is -1.80. The van der Waals surface area contributed by atoms with E-state index in [9.17, 15) is 4.79 Å². The van der Waals surface area contributed by atoms with Crippen molar-refractivity contribution in [2.75, 3.05) is 5.32 Å². The highest BCUT2D eigenvalue weighted by molar-refractivity contribution is 6.30. The van der Waals surface area contributed by atoms with Gasteiger partial charge < -0.3 is 5.32 Å². The summed E-state index contributed by atoms with van der Waals surface area (Å²) in [6.45, 7) is 1.56. The van der Waals surface area contributed by atoms with E-state index in [1.54, 1.807) is 13.0 Å². The van der Waals surface area contributed by atoms with Crippen LogP contribution in [-0.2, 0) is 0 Å². The number of anilines is 2. The first-order valence-corrected chi connectivity index (χ1v) is 5.66. The summed E-state index contributed by atoms with van der Waals surface area (Å²) in [5, 5.41) is 3.92. The summed E-state index contributed by atoms with van der Waals surface area (Å²) >= 11 is 5.81. The highest BCUT2D eigenvalue weighted by atomic mass is 35.5. The Balaban J connectivity index is 2.21. The Kier molecular flexibility index (Phi) is 3.45. The molecular formula is C14H12ClNO. The molecule has 0 fully saturated rings. The van der Waals surface area contributed by atoms with Gasteiger partial charge in [-0.3, -0.25) is 4.79 Å². The second-order valence-electron chi connectivity index (χ2n) is 3.77. The van der Waals surface area contributed by atoms with Crippen LogP contribution in [0.1, 0.15) is 17.3 Å². The van der Waals surface area contributed by atoms with E-state index in [1.165, 1.54) is 0 Å². The molecule has 0 radical (unpaired) electrons. The fraction of sp³-hybridized carbons (Fsp3) is 0.0714. The van der Waals surface area contributed by atoms with Crippen LogP contribution in [0.15, 0.2) is 48.5 Å². The summed E-state index contributed by atoms with van der Waals surface area (Å²) in [5.41, 5.74) is 2.53. The number of nitrogens with one attached hydrogen (secondary N) is 1. The van der Waals surface area contributed by atoms with E-state index in [1.807, 2.05) is 42.5 Å². The molecule has 0 unspecified atom stereocenters. The number of hydrogen-bond donors (Lipinski definition) is 1. The zero-order chi connectivity index (χ0) is 12.3. The SMILES string of the molecule is CC(=O)c1cccc(Nc2ccc(Cl)cc2)c1. The first kappa shape index (κ1) is 11.7. The molecule has 0 amide bonds. The Morgan fingerprint density at radius 1 is 1.06 bits per heavy atom. The summed E-state index contributed by atoms with van der Waals surface area (Å²) in [4.78, 5) is 11.2. The minimum Gasteiger partial charge on any atom is -0.356 e. The van der Waals surface area contributed by atoms with Crippen molar-refractivity contribution in [1.82, 2.24) is 0 Å². The molecule has 0 heterocycles. The van der Waals surface area contributed by atoms with E-state index in [0.717, 1.165) is 11.4 Å². The normalized spacial score (nSPS) is 10.0. The van der Waals surface area contributed by atoms with Gasteiger partial charge in [-0.2, -0.15) is 0 Å². The number of carbonyl (C=O) groups excluding carboxylic acids is 1. The smallest absolute Gasteiger partial charge is 0.159 e. The average molecular weight is 246 g/mol. The lowest BCUT2D eigenvalue weighted by Crippen LogP contribution is -1.95. The molecule has 0 bridgehead atoms. The fourth-order valence-corrected chi connectivity index (χ4v) is 1.64. The minimum absolute atomic E-state index is 0.0600. The van der Waals surface area contributed by atoms with Gasteiger partial charge in [0.2, 0.25) is 0 Å². The highest BCUT2D eigenvalue weighted by Gasteiger charge is 2.00. The van der Waals surface area contributed by atoms with E-state index >= 15 is 0 Å². The number of rotatable bonds is 3. The number of ketones is 1. The molecule has 0 aliphatic carbocycles. The van der Waals surface area contributed by atoms with Gasteiger partial charge in [0.1, 0.15) is 0 Å². The lowest BCUT2D eigenvalue weighted by atomic mass is 10.1. The third-order valence-electron chi connectivity index (χ3n) is 2.40. The molecule has 2 aromatic carbocycles. The van der Waals surface area contributed by atoms with Crippen LogP contribution in [0.4, 0.5) is 11.4 Å². The van der Waals surface area contributed by atoms with Gasteiger partial charge in [0.15, 0.2) is 5.78 Å². The van der Waals surface area contributed by atoms with Gasteiger partial charge in [-0.05, 0) is 43.3 Å². The summed E-state index contributed by atoms with van der Waals surface area (Å²) in [5.74, 6) is 0.0600. The quantitative estimate of drug-likeness (QED) is 0.818. The van der Waals surface area contributed by atoms with E-state index in [0.29, 0.717) is 10.6 Å². The number of carbonyl (C=O) groups is 1. The number of halogens is 1. The molecule has 0 aliphatic rings. The van der Waals surface area contributed by atoms with Crippen LogP contribution < -0.4 is 5.32 Å². The lowest BCUT2D eigenvalue weighted by molar-refractivity contribution is 0.101. The molecule has 0 aliphatic heterocycles. The van der Waals surface area contributed by atoms with Crippen LogP contribution in [0.5, 0.6) is 0 Å². The molecule has 86 valence electrons. The molecule has 2 rings (SSSR count). The summed E-state index contributed by atoms with van der Waals surface area (Å²) < 4.78 is 0. The van der Waals surface area contributed by atoms with Gasteiger partial charge in [-0.1, -0.05) is 23.7 Å². The highest BCUT2D eigenvalue weighted by Crippen LogP contribution is 2.19. The van der Waals surface area contributed by atoms with Gasteiger partial charge in [-0.25, -0.2) is 0 Å². The first-order chi connectivity index (χ1) is 8.15. The molecule has 17 heavy (non-hydrogen) atoms. The van der Waals surface area contributed by atoms with Crippen LogP contribution in [0.3, 0.4) is 0 Å². The molecule has 2 nitrogen and oxygen atoms in total. The standard InChI is InChI=1S/C14H12ClNO/c1-10(17)11-3-2-4-14(9-11)16-13-7-5-12(15)6-8-13/h2-9,16H,1H3. The maximum absolute atomic E-state index is 11.2. The van der Waals surface area contributed by atoms with Crippen LogP contribution in [0, 0.1) is 0 Å². The van der Waals surface area contributed by atoms with Crippen molar-refractivity contribution >= 4 is 28.8 Å².